The van der Waals surface area contributed by atoms with Crippen molar-refractivity contribution in [1.29, 1.82) is 0 Å². The predicted molar refractivity (Wildman–Crippen MR) is 63.5 cm³/mol. The number of hydrogen-bond acceptors (Lipinski definition) is 1. The molecule has 0 spiro atoms. The zero-order chi connectivity index (χ0) is 11.7. The van der Waals surface area contributed by atoms with Crippen LogP contribution in [0.3, 0.4) is 0 Å². The standard InChI is InChI=1S/C12H7Cl2FO/c13-7-1-3-9(11(15)5-7)10-4-2-8(14)6-12(10)16/h1-6,16H. The van der Waals surface area contributed by atoms with Crippen LogP contribution in [0.2, 0.25) is 10.0 Å². The topological polar surface area (TPSA) is 20.2 Å². The van der Waals surface area contributed by atoms with Crippen LogP contribution in [0, 0.1) is 5.82 Å². The molecule has 4 heteroatoms. The SMILES string of the molecule is Oc1cc(Cl)ccc1-c1ccc(Cl)cc1F. The van der Waals surface area contributed by atoms with E-state index in [0.29, 0.717) is 21.2 Å². The summed E-state index contributed by atoms with van der Waals surface area (Å²) in [6.07, 6.45) is 0. The molecule has 1 N–H and O–H groups in total. The van der Waals surface area contributed by atoms with E-state index in [1.165, 1.54) is 18.2 Å². The molecule has 0 unspecified atom stereocenters. The van der Waals surface area contributed by atoms with Crippen molar-refractivity contribution >= 4 is 23.2 Å². The second kappa shape index (κ2) is 4.32. The normalized spacial score (nSPS) is 10.4. The first kappa shape index (κ1) is 11.2. The number of benzene rings is 2. The van der Waals surface area contributed by atoms with Gasteiger partial charge in [0.25, 0.3) is 0 Å². The van der Waals surface area contributed by atoms with Gasteiger partial charge in [0, 0.05) is 21.2 Å². The molecule has 0 aliphatic rings. The van der Waals surface area contributed by atoms with E-state index in [2.05, 4.69) is 0 Å². The molecular weight excluding hydrogens is 250 g/mol. The molecule has 2 rings (SSSR count). The monoisotopic (exact) mass is 256 g/mol. The summed E-state index contributed by atoms with van der Waals surface area (Å²) in [6, 6.07) is 8.79. The molecule has 0 saturated carbocycles. The quantitative estimate of drug-likeness (QED) is 0.797. The van der Waals surface area contributed by atoms with E-state index in [0.717, 1.165) is 0 Å². The maximum atomic E-state index is 13.6. The number of rotatable bonds is 1. The highest BCUT2D eigenvalue weighted by Crippen LogP contribution is 2.33. The van der Waals surface area contributed by atoms with Gasteiger partial charge in [-0.15, -0.1) is 0 Å². The largest absolute Gasteiger partial charge is 0.507 e. The Morgan fingerprint density at radius 3 is 2.00 bits per heavy atom. The van der Waals surface area contributed by atoms with E-state index in [1.54, 1.807) is 18.2 Å². The van der Waals surface area contributed by atoms with E-state index >= 15 is 0 Å². The predicted octanol–water partition coefficient (Wildman–Crippen LogP) is 4.51. The first-order chi connectivity index (χ1) is 7.58. The molecule has 0 amide bonds. The molecule has 0 aromatic heterocycles. The fourth-order valence-electron chi connectivity index (χ4n) is 1.44. The number of phenols is 1. The second-order valence-corrected chi connectivity index (χ2v) is 4.16. The maximum absolute atomic E-state index is 13.6. The van der Waals surface area contributed by atoms with Gasteiger partial charge in [-0.25, -0.2) is 4.39 Å². The molecule has 0 heterocycles. The molecule has 2 aromatic rings. The van der Waals surface area contributed by atoms with Gasteiger partial charge in [0.05, 0.1) is 0 Å². The van der Waals surface area contributed by atoms with Crippen molar-refractivity contribution < 1.29 is 9.50 Å². The van der Waals surface area contributed by atoms with Crippen LogP contribution in [0.5, 0.6) is 5.75 Å². The van der Waals surface area contributed by atoms with Crippen LogP contribution in [0.1, 0.15) is 0 Å². The van der Waals surface area contributed by atoms with Crippen LogP contribution in [-0.2, 0) is 0 Å². The molecule has 0 bridgehead atoms. The van der Waals surface area contributed by atoms with Gasteiger partial charge in [-0.3, -0.25) is 0 Å². The minimum absolute atomic E-state index is 0.0614. The van der Waals surface area contributed by atoms with E-state index in [9.17, 15) is 9.50 Å². The first-order valence-electron chi connectivity index (χ1n) is 4.52. The smallest absolute Gasteiger partial charge is 0.132 e. The van der Waals surface area contributed by atoms with Crippen molar-refractivity contribution in [3.05, 3.63) is 52.3 Å². The average Bonchev–Trinajstić information content (AvgIpc) is 2.19. The first-order valence-corrected chi connectivity index (χ1v) is 5.27. The Kier molecular flexibility index (Phi) is 3.03. The zero-order valence-corrected chi connectivity index (χ0v) is 9.56. The lowest BCUT2D eigenvalue weighted by Crippen LogP contribution is -1.85. The van der Waals surface area contributed by atoms with Crippen LogP contribution >= 0.6 is 23.2 Å². The summed E-state index contributed by atoms with van der Waals surface area (Å²) < 4.78 is 13.6. The van der Waals surface area contributed by atoms with E-state index in [-0.39, 0.29) is 5.75 Å². The van der Waals surface area contributed by atoms with E-state index in [4.69, 9.17) is 23.2 Å². The number of aromatic hydroxyl groups is 1. The molecule has 0 radical (unpaired) electrons. The lowest BCUT2D eigenvalue weighted by atomic mass is 10.0. The average molecular weight is 257 g/mol. The van der Waals surface area contributed by atoms with Crippen molar-refractivity contribution in [2.75, 3.05) is 0 Å². The van der Waals surface area contributed by atoms with Gasteiger partial charge in [0.15, 0.2) is 0 Å². The van der Waals surface area contributed by atoms with Gasteiger partial charge in [0.2, 0.25) is 0 Å². The fourth-order valence-corrected chi connectivity index (χ4v) is 1.77. The van der Waals surface area contributed by atoms with E-state index in [1.807, 2.05) is 0 Å². The Hall–Kier alpha value is -1.25. The highest BCUT2D eigenvalue weighted by molar-refractivity contribution is 6.31. The lowest BCUT2D eigenvalue weighted by Gasteiger charge is -2.06. The third-order valence-corrected chi connectivity index (χ3v) is 2.65. The van der Waals surface area contributed by atoms with Crippen molar-refractivity contribution in [3.8, 4) is 16.9 Å². The second-order valence-electron chi connectivity index (χ2n) is 3.29. The summed E-state index contributed by atoms with van der Waals surface area (Å²) in [5.41, 5.74) is 0.678. The van der Waals surface area contributed by atoms with Crippen LogP contribution in [0.15, 0.2) is 36.4 Å². The summed E-state index contributed by atoms with van der Waals surface area (Å²) in [7, 11) is 0. The zero-order valence-electron chi connectivity index (χ0n) is 8.05. The maximum Gasteiger partial charge on any atom is 0.132 e. The fraction of sp³-hybridized carbons (Fsp3) is 0. The summed E-state index contributed by atoms with van der Waals surface area (Å²) >= 11 is 11.3. The Balaban J connectivity index is 2.59. The van der Waals surface area contributed by atoms with E-state index < -0.39 is 5.82 Å². The minimum Gasteiger partial charge on any atom is -0.507 e. The van der Waals surface area contributed by atoms with Crippen molar-refractivity contribution in [2.45, 2.75) is 0 Å². The molecule has 0 aliphatic heterocycles. The summed E-state index contributed by atoms with van der Waals surface area (Å²) in [6.45, 7) is 0. The number of hydrogen-bond donors (Lipinski definition) is 1. The summed E-state index contributed by atoms with van der Waals surface area (Å²) in [4.78, 5) is 0. The van der Waals surface area contributed by atoms with Gasteiger partial charge in [-0.1, -0.05) is 23.2 Å². The minimum atomic E-state index is -0.481. The highest BCUT2D eigenvalue weighted by Gasteiger charge is 2.10. The highest BCUT2D eigenvalue weighted by atomic mass is 35.5. The molecule has 0 fully saturated rings. The Labute approximate surface area is 102 Å². The lowest BCUT2D eigenvalue weighted by molar-refractivity contribution is 0.477. The molecule has 2 aromatic carbocycles. The Bertz CT molecular complexity index is 491. The van der Waals surface area contributed by atoms with Crippen LogP contribution in [0.4, 0.5) is 4.39 Å². The third-order valence-electron chi connectivity index (χ3n) is 2.18. The molecular formula is C12H7Cl2FO. The molecule has 0 saturated heterocycles. The molecule has 0 aliphatic carbocycles. The number of halogens is 3. The van der Waals surface area contributed by atoms with Gasteiger partial charge < -0.3 is 5.11 Å². The van der Waals surface area contributed by atoms with Gasteiger partial charge in [-0.2, -0.15) is 0 Å². The van der Waals surface area contributed by atoms with Gasteiger partial charge >= 0.3 is 0 Å². The Morgan fingerprint density at radius 2 is 1.44 bits per heavy atom. The third kappa shape index (κ3) is 2.13. The number of phenolic OH excluding ortho intramolecular Hbond substituents is 1. The van der Waals surface area contributed by atoms with Crippen molar-refractivity contribution in [3.63, 3.8) is 0 Å². The van der Waals surface area contributed by atoms with Crippen molar-refractivity contribution in [2.24, 2.45) is 0 Å². The molecule has 82 valence electrons. The molecule has 0 atom stereocenters. The Morgan fingerprint density at radius 1 is 0.875 bits per heavy atom. The van der Waals surface area contributed by atoms with Gasteiger partial charge in [0.1, 0.15) is 11.6 Å². The van der Waals surface area contributed by atoms with Crippen LogP contribution in [-0.4, -0.2) is 5.11 Å². The molecule has 16 heavy (non-hydrogen) atoms. The van der Waals surface area contributed by atoms with Crippen molar-refractivity contribution in [1.82, 2.24) is 0 Å². The summed E-state index contributed by atoms with van der Waals surface area (Å²) in [5, 5.41) is 10.4. The van der Waals surface area contributed by atoms with Crippen LogP contribution < -0.4 is 0 Å². The van der Waals surface area contributed by atoms with Crippen LogP contribution in [0.25, 0.3) is 11.1 Å². The summed E-state index contributed by atoms with van der Waals surface area (Å²) in [5.74, 6) is -0.543. The van der Waals surface area contributed by atoms with Gasteiger partial charge in [-0.05, 0) is 36.4 Å². The molecule has 1 nitrogen and oxygen atoms in total.